The van der Waals surface area contributed by atoms with E-state index in [9.17, 15) is 9.59 Å². The highest BCUT2D eigenvalue weighted by Crippen LogP contribution is 2.24. The maximum Gasteiger partial charge on any atom is 0.319 e. The Hall–Kier alpha value is -3.02. The lowest BCUT2D eigenvalue weighted by molar-refractivity contribution is -0.117. The maximum atomic E-state index is 12.1. The minimum atomic E-state index is -0.229. The van der Waals surface area contributed by atoms with E-state index in [1.807, 2.05) is 38.4 Å². The number of hydrogen-bond acceptors (Lipinski definition) is 3. The predicted octanol–water partition coefficient (Wildman–Crippen LogP) is 3.63. The Labute approximate surface area is 166 Å². The molecular weight excluding hydrogens is 352 g/mol. The van der Waals surface area contributed by atoms with Gasteiger partial charge < -0.3 is 20.4 Å². The molecule has 0 aliphatic carbocycles. The standard InChI is InChI=1S/C22H28N4O2/c1-25(2)19-12-10-17(11-13-19)6-4-14-23-22(28)24-18-7-3-8-20(16-18)26-15-5-9-21(26)27/h3,7-8,10-13,16H,4-6,9,14-15H2,1-2H3,(H2,23,24,28). The van der Waals surface area contributed by atoms with Gasteiger partial charge in [0.2, 0.25) is 5.91 Å². The van der Waals surface area contributed by atoms with Crippen molar-refractivity contribution in [3.8, 4) is 0 Å². The molecule has 0 saturated carbocycles. The smallest absolute Gasteiger partial charge is 0.319 e. The summed E-state index contributed by atoms with van der Waals surface area (Å²) in [5.74, 6) is 0.139. The molecule has 0 radical (unpaired) electrons. The number of amides is 3. The summed E-state index contributed by atoms with van der Waals surface area (Å²) in [6.07, 6.45) is 3.27. The minimum Gasteiger partial charge on any atom is -0.378 e. The second-order valence-electron chi connectivity index (χ2n) is 7.24. The van der Waals surface area contributed by atoms with Crippen molar-refractivity contribution >= 4 is 29.0 Å². The molecule has 2 N–H and O–H groups in total. The number of rotatable bonds is 7. The Morgan fingerprint density at radius 2 is 1.93 bits per heavy atom. The molecule has 28 heavy (non-hydrogen) atoms. The van der Waals surface area contributed by atoms with Gasteiger partial charge in [-0.3, -0.25) is 4.79 Å². The number of nitrogens with one attached hydrogen (secondary N) is 2. The van der Waals surface area contributed by atoms with Crippen LogP contribution in [0.5, 0.6) is 0 Å². The summed E-state index contributed by atoms with van der Waals surface area (Å²) < 4.78 is 0. The quantitative estimate of drug-likeness (QED) is 0.721. The number of anilines is 3. The fraction of sp³-hybridized carbons (Fsp3) is 0.364. The number of carbonyl (C=O) groups excluding carboxylic acids is 2. The number of benzene rings is 2. The van der Waals surface area contributed by atoms with Gasteiger partial charge in [-0.2, -0.15) is 0 Å². The Balaban J connectivity index is 1.42. The highest BCUT2D eigenvalue weighted by Gasteiger charge is 2.21. The number of hydrogen-bond donors (Lipinski definition) is 2. The lowest BCUT2D eigenvalue weighted by Gasteiger charge is -2.17. The zero-order valence-electron chi connectivity index (χ0n) is 16.6. The monoisotopic (exact) mass is 380 g/mol. The van der Waals surface area contributed by atoms with E-state index >= 15 is 0 Å². The van der Waals surface area contributed by atoms with E-state index in [-0.39, 0.29) is 11.9 Å². The van der Waals surface area contributed by atoms with Gasteiger partial charge in [-0.25, -0.2) is 4.79 Å². The van der Waals surface area contributed by atoms with Gasteiger partial charge in [0.1, 0.15) is 0 Å². The van der Waals surface area contributed by atoms with Crippen LogP contribution in [0.4, 0.5) is 21.9 Å². The molecule has 1 aliphatic heterocycles. The lowest BCUT2D eigenvalue weighted by atomic mass is 10.1. The molecule has 1 aliphatic rings. The molecule has 0 spiro atoms. The summed E-state index contributed by atoms with van der Waals surface area (Å²) in [5, 5.41) is 5.74. The molecule has 1 fully saturated rings. The molecule has 6 nitrogen and oxygen atoms in total. The highest BCUT2D eigenvalue weighted by molar-refractivity contribution is 5.96. The summed E-state index contributed by atoms with van der Waals surface area (Å²) in [4.78, 5) is 27.8. The molecule has 3 amide bonds. The summed E-state index contributed by atoms with van der Waals surface area (Å²) in [6, 6.07) is 15.7. The first-order chi connectivity index (χ1) is 13.5. The average molecular weight is 380 g/mol. The van der Waals surface area contributed by atoms with Gasteiger partial charge in [-0.15, -0.1) is 0 Å². The predicted molar refractivity (Wildman–Crippen MR) is 114 cm³/mol. The van der Waals surface area contributed by atoms with Crippen molar-refractivity contribution in [2.24, 2.45) is 0 Å². The molecule has 6 heteroatoms. The minimum absolute atomic E-state index is 0.139. The van der Waals surface area contributed by atoms with Gasteiger partial charge in [-0.1, -0.05) is 18.2 Å². The first kappa shape index (κ1) is 19.7. The topological polar surface area (TPSA) is 64.7 Å². The maximum absolute atomic E-state index is 12.1. The third kappa shape index (κ3) is 5.25. The zero-order valence-corrected chi connectivity index (χ0v) is 16.6. The molecule has 0 unspecified atom stereocenters. The van der Waals surface area contributed by atoms with Crippen LogP contribution >= 0.6 is 0 Å². The van der Waals surface area contributed by atoms with Crippen molar-refractivity contribution in [2.45, 2.75) is 25.7 Å². The van der Waals surface area contributed by atoms with Crippen LogP contribution < -0.4 is 20.4 Å². The van der Waals surface area contributed by atoms with Crippen LogP contribution in [0.1, 0.15) is 24.8 Å². The van der Waals surface area contributed by atoms with Crippen LogP contribution in [-0.4, -0.2) is 39.1 Å². The number of aryl methyl sites for hydroxylation is 1. The van der Waals surface area contributed by atoms with Crippen LogP contribution in [0.3, 0.4) is 0 Å². The SMILES string of the molecule is CN(C)c1ccc(CCCNC(=O)Nc2cccc(N3CCCC3=O)c2)cc1. The molecule has 2 aromatic rings. The van der Waals surface area contributed by atoms with Gasteiger partial charge in [0.05, 0.1) is 0 Å². The third-order valence-electron chi connectivity index (χ3n) is 4.87. The molecule has 3 rings (SSSR count). The van der Waals surface area contributed by atoms with Gasteiger partial charge in [0.25, 0.3) is 0 Å². The fourth-order valence-electron chi connectivity index (χ4n) is 3.30. The van der Waals surface area contributed by atoms with E-state index in [1.54, 1.807) is 4.90 Å². The van der Waals surface area contributed by atoms with Crippen molar-refractivity contribution in [3.05, 3.63) is 54.1 Å². The van der Waals surface area contributed by atoms with Gasteiger partial charge in [0.15, 0.2) is 0 Å². The van der Waals surface area contributed by atoms with E-state index < -0.39 is 0 Å². The van der Waals surface area contributed by atoms with Crippen molar-refractivity contribution in [3.63, 3.8) is 0 Å². The van der Waals surface area contributed by atoms with Crippen LogP contribution in [-0.2, 0) is 11.2 Å². The first-order valence-corrected chi connectivity index (χ1v) is 9.74. The lowest BCUT2D eigenvalue weighted by Crippen LogP contribution is -2.30. The molecule has 1 heterocycles. The van der Waals surface area contributed by atoms with Crippen LogP contribution in [0.2, 0.25) is 0 Å². The molecule has 0 bridgehead atoms. The number of carbonyl (C=O) groups is 2. The van der Waals surface area contributed by atoms with Crippen molar-refractivity contribution < 1.29 is 9.59 Å². The summed E-state index contributed by atoms with van der Waals surface area (Å²) >= 11 is 0. The third-order valence-corrected chi connectivity index (χ3v) is 4.87. The van der Waals surface area contributed by atoms with Crippen LogP contribution in [0.25, 0.3) is 0 Å². The molecule has 0 aromatic heterocycles. The van der Waals surface area contributed by atoms with E-state index in [1.165, 1.54) is 11.3 Å². The summed E-state index contributed by atoms with van der Waals surface area (Å²) in [5.41, 5.74) is 3.96. The number of nitrogens with zero attached hydrogens (tertiary/aromatic N) is 2. The summed E-state index contributed by atoms with van der Waals surface area (Å²) in [6.45, 7) is 1.34. The van der Waals surface area contributed by atoms with E-state index in [2.05, 4.69) is 39.8 Å². The molecule has 0 atom stereocenters. The highest BCUT2D eigenvalue weighted by atomic mass is 16.2. The van der Waals surface area contributed by atoms with Crippen molar-refractivity contribution in [2.75, 3.05) is 42.3 Å². The molecule has 2 aromatic carbocycles. The van der Waals surface area contributed by atoms with Crippen molar-refractivity contribution in [1.29, 1.82) is 0 Å². The zero-order chi connectivity index (χ0) is 19.9. The fourth-order valence-corrected chi connectivity index (χ4v) is 3.30. The largest absolute Gasteiger partial charge is 0.378 e. The number of urea groups is 1. The van der Waals surface area contributed by atoms with Crippen molar-refractivity contribution in [1.82, 2.24) is 5.32 Å². The van der Waals surface area contributed by atoms with E-state index in [0.717, 1.165) is 31.5 Å². The van der Waals surface area contributed by atoms with Gasteiger partial charge in [-0.05, 0) is 55.2 Å². The second kappa shape index (κ2) is 9.26. The van der Waals surface area contributed by atoms with Gasteiger partial charge >= 0.3 is 6.03 Å². The average Bonchev–Trinajstić information content (AvgIpc) is 3.12. The van der Waals surface area contributed by atoms with E-state index in [4.69, 9.17) is 0 Å². The van der Waals surface area contributed by atoms with Crippen LogP contribution in [0, 0.1) is 0 Å². The Morgan fingerprint density at radius 1 is 1.14 bits per heavy atom. The Kier molecular flexibility index (Phi) is 6.53. The first-order valence-electron chi connectivity index (χ1n) is 9.74. The van der Waals surface area contributed by atoms with Gasteiger partial charge in [0, 0.05) is 50.7 Å². The Morgan fingerprint density at radius 3 is 2.61 bits per heavy atom. The molecule has 1 saturated heterocycles. The van der Waals surface area contributed by atoms with E-state index in [0.29, 0.717) is 18.7 Å². The molecular formula is C22H28N4O2. The van der Waals surface area contributed by atoms with Crippen LogP contribution in [0.15, 0.2) is 48.5 Å². The Bertz CT molecular complexity index is 818. The normalized spacial score (nSPS) is 13.5. The summed E-state index contributed by atoms with van der Waals surface area (Å²) in [7, 11) is 4.05. The molecule has 148 valence electrons. The second-order valence-corrected chi connectivity index (χ2v) is 7.24.